The van der Waals surface area contributed by atoms with Crippen molar-refractivity contribution in [3.8, 4) is 11.5 Å². The highest BCUT2D eigenvalue weighted by Crippen LogP contribution is 2.45. The third-order valence-electron chi connectivity index (χ3n) is 8.47. The fourth-order valence-electron chi connectivity index (χ4n) is 6.14. The molecule has 0 bridgehead atoms. The van der Waals surface area contributed by atoms with E-state index in [1.807, 2.05) is 30.3 Å². The van der Waals surface area contributed by atoms with Gasteiger partial charge in [-0.05, 0) is 60.7 Å². The average molecular weight is 567 g/mol. The van der Waals surface area contributed by atoms with Crippen LogP contribution in [0.3, 0.4) is 0 Å². The first kappa shape index (κ1) is 29.0. The second-order valence-corrected chi connectivity index (χ2v) is 11.1. The number of aromatic carboxylic acids is 1. The molecule has 1 aliphatic carbocycles. The minimum atomic E-state index is -1.94. The van der Waals surface area contributed by atoms with Crippen molar-refractivity contribution in [2.75, 3.05) is 0 Å². The molecule has 7 atom stereocenters. The van der Waals surface area contributed by atoms with Crippen molar-refractivity contribution < 1.29 is 49.7 Å². The van der Waals surface area contributed by atoms with Gasteiger partial charge in [-0.3, -0.25) is 4.79 Å². The number of aryl methyl sites for hydroxylation is 2. The highest BCUT2D eigenvalue weighted by atomic mass is 16.7. The summed E-state index contributed by atoms with van der Waals surface area (Å²) in [6, 6.07) is 13.4. The van der Waals surface area contributed by atoms with Gasteiger partial charge in [-0.15, -0.1) is 0 Å². The number of aliphatic hydroxyl groups is 4. The standard InChI is InChI=1S/C31H34O10/c1-15-12-18-13-19(29(37)38)14-22(24(18)25(34)23(15)20(32)11-9-17-6-4-3-5-7-17)40-30-26(35)27(36)31(39)16(2)8-10-21(33)28(31)41-30/h3-7,12-14,16,21,26-28,30,33-36,39H,8-11H2,1-2H3,(H,37,38)/t16-,21+,26-,27-,28-,30+,31-/m1/s1. The van der Waals surface area contributed by atoms with E-state index in [1.54, 1.807) is 19.9 Å². The number of hydrogen-bond donors (Lipinski definition) is 6. The zero-order chi connectivity index (χ0) is 29.6. The van der Waals surface area contributed by atoms with E-state index in [-0.39, 0.29) is 46.3 Å². The summed E-state index contributed by atoms with van der Waals surface area (Å²) in [4.78, 5) is 25.2. The van der Waals surface area contributed by atoms with Gasteiger partial charge in [-0.2, -0.15) is 0 Å². The van der Waals surface area contributed by atoms with Crippen molar-refractivity contribution in [1.82, 2.24) is 0 Å². The minimum Gasteiger partial charge on any atom is -0.506 e. The lowest BCUT2D eigenvalue weighted by atomic mass is 9.67. The Hall–Kier alpha value is -3.54. The lowest BCUT2D eigenvalue weighted by Crippen LogP contribution is -2.73. The molecule has 6 N–H and O–H groups in total. The van der Waals surface area contributed by atoms with E-state index in [2.05, 4.69) is 0 Å². The fourth-order valence-corrected chi connectivity index (χ4v) is 6.14. The van der Waals surface area contributed by atoms with Crippen molar-refractivity contribution in [3.63, 3.8) is 0 Å². The maximum absolute atomic E-state index is 13.3. The molecule has 5 rings (SSSR count). The summed E-state index contributed by atoms with van der Waals surface area (Å²) in [5, 5.41) is 65.1. The molecule has 2 fully saturated rings. The zero-order valence-corrected chi connectivity index (χ0v) is 22.7. The van der Waals surface area contributed by atoms with Crippen LogP contribution in [0.15, 0.2) is 48.5 Å². The summed E-state index contributed by atoms with van der Waals surface area (Å²) >= 11 is 0. The molecule has 0 radical (unpaired) electrons. The summed E-state index contributed by atoms with van der Waals surface area (Å²) in [6.45, 7) is 3.32. The summed E-state index contributed by atoms with van der Waals surface area (Å²) in [7, 11) is 0. The van der Waals surface area contributed by atoms with E-state index >= 15 is 0 Å². The van der Waals surface area contributed by atoms with Crippen LogP contribution in [0.2, 0.25) is 0 Å². The molecule has 0 spiro atoms. The molecule has 3 aromatic rings. The monoisotopic (exact) mass is 566 g/mol. The highest BCUT2D eigenvalue weighted by Gasteiger charge is 2.61. The smallest absolute Gasteiger partial charge is 0.335 e. The van der Waals surface area contributed by atoms with Gasteiger partial charge >= 0.3 is 5.97 Å². The molecule has 2 aliphatic rings. The first-order chi connectivity index (χ1) is 19.4. The van der Waals surface area contributed by atoms with Crippen LogP contribution in [0.4, 0.5) is 0 Å². The van der Waals surface area contributed by atoms with Crippen LogP contribution in [0.5, 0.6) is 11.5 Å². The number of Topliss-reactive ketones (excluding diaryl/α,β-unsaturated/α-hetero) is 1. The maximum Gasteiger partial charge on any atom is 0.335 e. The molecule has 1 heterocycles. The summed E-state index contributed by atoms with van der Waals surface area (Å²) in [6.07, 6.45) is -6.39. The Bertz CT molecular complexity index is 1470. The van der Waals surface area contributed by atoms with Crippen molar-refractivity contribution >= 4 is 22.5 Å². The maximum atomic E-state index is 13.3. The number of carboxylic acids is 1. The predicted octanol–water partition coefficient (Wildman–Crippen LogP) is 2.71. The van der Waals surface area contributed by atoms with E-state index in [0.29, 0.717) is 18.4 Å². The number of rotatable bonds is 7. The molecule has 0 aromatic heterocycles. The molecule has 1 aliphatic heterocycles. The van der Waals surface area contributed by atoms with Gasteiger partial charge in [0, 0.05) is 6.42 Å². The largest absolute Gasteiger partial charge is 0.506 e. The number of carbonyl (C=O) groups is 2. The lowest BCUT2D eigenvalue weighted by molar-refractivity contribution is -0.343. The molecule has 1 saturated heterocycles. The van der Waals surface area contributed by atoms with Crippen LogP contribution in [0.1, 0.15) is 58.0 Å². The predicted molar refractivity (Wildman–Crippen MR) is 147 cm³/mol. The van der Waals surface area contributed by atoms with Gasteiger partial charge in [0.05, 0.1) is 22.6 Å². The topological polar surface area (TPSA) is 174 Å². The van der Waals surface area contributed by atoms with E-state index < -0.39 is 53.9 Å². The average Bonchev–Trinajstić information content (AvgIpc) is 2.94. The van der Waals surface area contributed by atoms with Crippen LogP contribution in [-0.2, 0) is 11.2 Å². The van der Waals surface area contributed by atoms with Crippen LogP contribution in [0.25, 0.3) is 10.8 Å². The van der Waals surface area contributed by atoms with Crippen LogP contribution < -0.4 is 4.74 Å². The van der Waals surface area contributed by atoms with Gasteiger partial charge in [-0.25, -0.2) is 4.79 Å². The molecule has 1 saturated carbocycles. The summed E-state index contributed by atoms with van der Waals surface area (Å²) < 4.78 is 11.7. The number of benzene rings is 3. The number of hydrogen-bond acceptors (Lipinski definition) is 9. The lowest BCUT2D eigenvalue weighted by Gasteiger charge is -2.54. The first-order valence-corrected chi connectivity index (χ1v) is 13.6. The Morgan fingerprint density at radius 3 is 2.46 bits per heavy atom. The van der Waals surface area contributed by atoms with E-state index in [0.717, 1.165) is 11.6 Å². The van der Waals surface area contributed by atoms with Crippen molar-refractivity contribution in [1.29, 1.82) is 0 Å². The second kappa shape index (κ2) is 11.0. The Morgan fingerprint density at radius 1 is 1.07 bits per heavy atom. The van der Waals surface area contributed by atoms with Gasteiger partial charge in [0.1, 0.15) is 35.4 Å². The molecule has 10 heteroatoms. The van der Waals surface area contributed by atoms with Gasteiger partial charge < -0.3 is 40.1 Å². The first-order valence-electron chi connectivity index (χ1n) is 13.6. The number of carboxylic acid groups (broad SMARTS) is 1. The Kier molecular flexibility index (Phi) is 7.80. The number of aliphatic hydroxyl groups excluding tert-OH is 3. The number of aromatic hydroxyl groups is 1. The molecule has 218 valence electrons. The van der Waals surface area contributed by atoms with Crippen LogP contribution >= 0.6 is 0 Å². The van der Waals surface area contributed by atoms with E-state index in [4.69, 9.17) is 9.47 Å². The third-order valence-corrected chi connectivity index (χ3v) is 8.47. The molecule has 41 heavy (non-hydrogen) atoms. The fraction of sp³-hybridized carbons (Fsp3) is 0.419. The van der Waals surface area contributed by atoms with E-state index in [9.17, 15) is 40.2 Å². The molecule has 0 amide bonds. The number of fused-ring (bicyclic) bond motifs is 2. The SMILES string of the molecule is Cc1cc2cc(C(=O)O)cc(O[C@H]3O[C@@H]4[C@@H](O)CC[C@@H](C)[C@@]4(O)[C@H](O)[C@H]3O)c2c(O)c1C(=O)CCc1ccccc1. The highest BCUT2D eigenvalue weighted by molar-refractivity contribution is 6.09. The molecule has 10 nitrogen and oxygen atoms in total. The Morgan fingerprint density at radius 2 is 1.78 bits per heavy atom. The minimum absolute atomic E-state index is 0.0207. The normalized spacial score (nSPS) is 29.6. The van der Waals surface area contributed by atoms with Crippen molar-refractivity contribution in [3.05, 3.63) is 70.8 Å². The van der Waals surface area contributed by atoms with Crippen molar-refractivity contribution in [2.24, 2.45) is 5.92 Å². The third kappa shape index (κ3) is 5.06. The number of carbonyl (C=O) groups excluding carboxylic acids is 1. The zero-order valence-electron chi connectivity index (χ0n) is 22.7. The van der Waals surface area contributed by atoms with Gasteiger partial charge in [0.25, 0.3) is 0 Å². The van der Waals surface area contributed by atoms with Crippen molar-refractivity contribution in [2.45, 2.75) is 75.8 Å². The Balaban J connectivity index is 1.54. The molecular weight excluding hydrogens is 532 g/mol. The van der Waals surface area contributed by atoms with Gasteiger partial charge in [0.15, 0.2) is 5.78 Å². The summed E-state index contributed by atoms with van der Waals surface area (Å²) in [5.41, 5.74) is -0.689. The summed E-state index contributed by atoms with van der Waals surface area (Å²) in [5.74, 6) is -2.75. The number of phenolic OH excluding ortho intramolecular Hbond substituents is 1. The van der Waals surface area contributed by atoms with Crippen LogP contribution in [0, 0.1) is 12.8 Å². The number of ether oxygens (including phenoxy) is 2. The van der Waals surface area contributed by atoms with Crippen LogP contribution in [-0.4, -0.2) is 78.7 Å². The molecule has 3 aromatic carbocycles. The Labute approximate surface area is 236 Å². The number of ketones is 1. The van der Waals surface area contributed by atoms with Gasteiger partial charge in [-0.1, -0.05) is 43.3 Å². The number of phenols is 1. The second-order valence-electron chi connectivity index (χ2n) is 11.1. The molecule has 0 unspecified atom stereocenters. The molecular formula is C31H34O10. The van der Waals surface area contributed by atoms with E-state index in [1.165, 1.54) is 6.07 Å². The quantitative estimate of drug-likeness (QED) is 0.233. The van der Waals surface area contributed by atoms with Gasteiger partial charge in [0.2, 0.25) is 6.29 Å².